The van der Waals surface area contributed by atoms with Gasteiger partial charge in [-0.15, -0.1) is 12.4 Å². The van der Waals surface area contributed by atoms with Gasteiger partial charge in [-0.2, -0.15) is 0 Å². The van der Waals surface area contributed by atoms with E-state index in [-0.39, 0.29) is 18.3 Å². The molecule has 4 nitrogen and oxygen atoms in total. The highest BCUT2D eigenvalue weighted by Gasteiger charge is 2.11. The first kappa shape index (κ1) is 15.3. The number of hydrogen-bond donors (Lipinski definition) is 1. The van der Waals surface area contributed by atoms with Gasteiger partial charge in [0, 0.05) is 24.5 Å². The van der Waals surface area contributed by atoms with Crippen molar-refractivity contribution < 1.29 is 9.53 Å². The van der Waals surface area contributed by atoms with Crippen LogP contribution in [-0.4, -0.2) is 17.5 Å². The van der Waals surface area contributed by atoms with E-state index in [1.54, 1.807) is 24.5 Å². The lowest BCUT2D eigenvalue weighted by Crippen LogP contribution is -2.23. The maximum atomic E-state index is 11.9. The lowest BCUT2D eigenvalue weighted by molar-refractivity contribution is 0.0951. The monoisotopic (exact) mass is 304 g/mol. The lowest BCUT2D eigenvalue weighted by atomic mass is 10.0. The number of carbonyl (C=O) groups excluding carboxylic acids is 1. The van der Waals surface area contributed by atoms with E-state index in [2.05, 4.69) is 16.4 Å². The number of nitrogens with zero attached hydrogens (tertiary/aromatic N) is 1. The van der Waals surface area contributed by atoms with Gasteiger partial charge in [0.15, 0.2) is 0 Å². The van der Waals surface area contributed by atoms with Crippen molar-refractivity contribution in [3.63, 3.8) is 0 Å². The molecule has 1 N–H and O–H groups in total. The van der Waals surface area contributed by atoms with Gasteiger partial charge >= 0.3 is 0 Å². The van der Waals surface area contributed by atoms with Crippen LogP contribution >= 0.6 is 12.4 Å². The summed E-state index contributed by atoms with van der Waals surface area (Å²) in [7, 11) is 0. The maximum absolute atomic E-state index is 11.9. The molecule has 0 saturated carbocycles. The number of rotatable bonds is 3. The van der Waals surface area contributed by atoms with E-state index in [0.717, 1.165) is 30.8 Å². The molecule has 1 amide bonds. The second-order valence-corrected chi connectivity index (χ2v) is 4.81. The van der Waals surface area contributed by atoms with Gasteiger partial charge in [-0.1, -0.05) is 12.1 Å². The highest BCUT2D eigenvalue weighted by atomic mass is 35.5. The third kappa shape index (κ3) is 3.73. The van der Waals surface area contributed by atoms with Gasteiger partial charge in [0.25, 0.3) is 5.91 Å². The molecule has 0 saturated heterocycles. The standard InChI is InChI=1S/C16H16N2O2.ClH/c19-16(13-5-7-17-8-6-13)18-11-12-3-4-15-14(10-12)2-1-9-20-15;/h3-8,10H,1-2,9,11H2,(H,18,19);1H. The zero-order valence-electron chi connectivity index (χ0n) is 11.5. The van der Waals surface area contributed by atoms with Crippen molar-refractivity contribution in [2.24, 2.45) is 0 Å². The van der Waals surface area contributed by atoms with Crippen LogP contribution in [0.1, 0.15) is 27.9 Å². The number of nitrogens with one attached hydrogen (secondary N) is 1. The largest absolute Gasteiger partial charge is 0.493 e. The minimum Gasteiger partial charge on any atom is -0.493 e. The van der Waals surface area contributed by atoms with Gasteiger partial charge < -0.3 is 10.1 Å². The first-order chi connectivity index (χ1) is 9.83. The molecule has 21 heavy (non-hydrogen) atoms. The van der Waals surface area contributed by atoms with Crippen molar-refractivity contribution in [1.82, 2.24) is 10.3 Å². The molecule has 0 bridgehead atoms. The van der Waals surface area contributed by atoms with E-state index in [1.807, 2.05) is 12.1 Å². The fraction of sp³-hybridized carbons (Fsp3) is 0.250. The second kappa shape index (κ2) is 7.09. The SMILES string of the molecule is Cl.O=C(NCc1ccc2c(c1)CCCO2)c1ccncc1. The van der Waals surface area contributed by atoms with Crippen LogP contribution in [0, 0.1) is 0 Å². The normalized spacial score (nSPS) is 12.6. The molecule has 1 aromatic heterocycles. The fourth-order valence-corrected chi connectivity index (χ4v) is 2.31. The molecule has 2 heterocycles. The first-order valence-electron chi connectivity index (χ1n) is 6.76. The summed E-state index contributed by atoms with van der Waals surface area (Å²) in [6, 6.07) is 9.51. The van der Waals surface area contributed by atoms with Crippen LogP contribution < -0.4 is 10.1 Å². The van der Waals surface area contributed by atoms with Crippen LogP contribution in [0.4, 0.5) is 0 Å². The Kier molecular flexibility index (Phi) is 5.17. The van der Waals surface area contributed by atoms with E-state index in [1.165, 1.54) is 5.56 Å². The molecule has 3 rings (SSSR count). The van der Waals surface area contributed by atoms with Crippen molar-refractivity contribution in [3.8, 4) is 5.75 Å². The Labute approximate surface area is 130 Å². The number of pyridine rings is 1. The van der Waals surface area contributed by atoms with Crippen LogP contribution in [0.2, 0.25) is 0 Å². The van der Waals surface area contributed by atoms with Crippen molar-refractivity contribution in [2.45, 2.75) is 19.4 Å². The summed E-state index contributed by atoms with van der Waals surface area (Å²) in [4.78, 5) is 15.8. The van der Waals surface area contributed by atoms with Crippen LogP contribution in [0.3, 0.4) is 0 Å². The third-order valence-corrected chi connectivity index (χ3v) is 3.37. The Balaban J connectivity index is 0.00000161. The number of halogens is 1. The number of amides is 1. The van der Waals surface area contributed by atoms with Gasteiger partial charge in [-0.3, -0.25) is 9.78 Å². The smallest absolute Gasteiger partial charge is 0.251 e. The minimum absolute atomic E-state index is 0. The lowest BCUT2D eigenvalue weighted by Gasteiger charge is -2.18. The van der Waals surface area contributed by atoms with Crippen LogP contribution in [0.15, 0.2) is 42.7 Å². The van der Waals surface area contributed by atoms with Crippen LogP contribution in [-0.2, 0) is 13.0 Å². The zero-order chi connectivity index (χ0) is 13.8. The molecule has 0 atom stereocenters. The number of aromatic nitrogens is 1. The Morgan fingerprint density at radius 2 is 2.05 bits per heavy atom. The van der Waals surface area contributed by atoms with Crippen molar-refractivity contribution >= 4 is 18.3 Å². The van der Waals surface area contributed by atoms with Crippen molar-refractivity contribution in [2.75, 3.05) is 6.61 Å². The second-order valence-electron chi connectivity index (χ2n) is 4.81. The molecule has 5 heteroatoms. The van der Waals surface area contributed by atoms with Crippen LogP contribution in [0.5, 0.6) is 5.75 Å². The van der Waals surface area contributed by atoms with Gasteiger partial charge in [-0.25, -0.2) is 0 Å². The molecule has 0 unspecified atom stereocenters. The van der Waals surface area contributed by atoms with E-state index in [9.17, 15) is 4.79 Å². The molecule has 1 aromatic carbocycles. The average molecular weight is 305 g/mol. The molecule has 1 aliphatic heterocycles. The maximum Gasteiger partial charge on any atom is 0.251 e. The third-order valence-electron chi connectivity index (χ3n) is 3.37. The molecule has 2 aromatic rings. The van der Waals surface area contributed by atoms with Gasteiger partial charge in [0.2, 0.25) is 0 Å². The number of aryl methyl sites for hydroxylation is 1. The first-order valence-corrected chi connectivity index (χ1v) is 6.76. The van der Waals surface area contributed by atoms with E-state index in [0.29, 0.717) is 12.1 Å². The van der Waals surface area contributed by atoms with Gasteiger partial charge in [0.05, 0.1) is 6.61 Å². The van der Waals surface area contributed by atoms with E-state index in [4.69, 9.17) is 4.74 Å². The Hall–Kier alpha value is -2.07. The highest BCUT2D eigenvalue weighted by molar-refractivity contribution is 5.93. The molecule has 1 aliphatic rings. The summed E-state index contributed by atoms with van der Waals surface area (Å²) < 4.78 is 5.58. The van der Waals surface area contributed by atoms with Gasteiger partial charge in [0.1, 0.15) is 5.75 Å². The summed E-state index contributed by atoms with van der Waals surface area (Å²) >= 11 is 0. The molecular formula is C16H17ClN2O2. The summed E-state index contributed by atoms with van der Waals surface area (Å²) in [5.74, 6) is 0.891. The Morgan fingerprint density at radius 3 is 2.86 bits per heavy atom. The fourth-order valence-electron chi connectivity index (χ4n) is 2.31. The Morgan fingerprint density at radius 1 is 1.24 bits per heavy atom. The average Bonchev–Trinajstić information content (AvgIpc) is 2.53. The summed E-state index contributed by atoms with van der Waals surface area (Å²) in [6.07, 6.45) is 5.33. The molecule has 110 valence electrons. The molecule has 0 radical (unpaired) electrons. The van der Waals surface area contributed by atoms with Crippen molar-refractivity contribution in [3.05, 3.63) is 59.4 Å². The van der Waals surface area contributed by atoms with Gasteiger partial charge in [-0.05, 0) is 42.2 Å². The molecule has 0 aliphatic carbocycles. The number of ether oxygens (including phenoxy) is 1. The number of benzene rings is 1. The summed E-state index contributed by atoms with van der Waals surface area (Å²) in [5.41, 5.74) is 2.95. The van der Waals surface area contributed by atoms with Crippen LogP contribution in [0.25, 0.3) is 0 Å². The van der Waals surface area contributed by atoms with Crippen molar-refractivity contribution in [1.29, 1.82) is 0 Å². The summed E-state index contributed by atoms with van der Waals surface area (Å²) in [6.45, 7) is 1.32. The predicted molar refractivity (Wildman–Crippen MR) is 82.9 cm³/mol. The highest BCUT2D eigenvalue weighted by Crippen LogP contribution is 2.25. The zero-order valence-corrected chi connectivity index (χ0v) is 12.4. The summed E-state index contributed by atoms with van der Waals surface area (Å²) in [5, 5.41) is 2.91. The number of carbonyl (C=O) groups is 1. The topological polar surface area (TPSA) is 51.2 Å². The van der Waals surface area contributed by atoms with E-state index >= 15 is 0 Å². The quantitative estimate of drug-likeness (QED) is 0.948. The molecular weight excluding hydrogens is 288 g/mol. The number of fused-ring (bicyclic) bond motifs is 1. The number of hydrogen-bond acceptors (Lipinski definition) is 3. The molecule has 0 fully saturated rings. The molecule has 0 spiro atoms. The Bertz CT molecular complexity index is 617. The minimum atomic E-state index is -0.0821. The predicted octanol–water partition coefficient (Wildman–Crippen LogP) is 2.76. The van der Waals surface area contributed by atoms with E-state index < -0.39 is 0 Å².